The van der Waals surface area contributed by atoms with Crippen LogP contribution in [0.15, 0.2) is 12.5 Å². The lowest BCUT2D eigenvalue weighted by atomic mass is 10.0. The topological polar surface area (TPSA) is 217 Å². The second-order valence-electron chi connectivity index (χ2n) is 7.96. The third-order valence-corrected chi connectivity index (χ3v) is 5.47. The highest BCUT2D eigenvalue weighted by atomic mass is 32.2. The lowest BCUT2D eigenvalue weighted by Gasteiger charge is -2.26. The number of nitrogens with one attached hydrogen (secondary N) is 4. The maximum absolute atomic E-state index is 12.8. The number of carboxylic acids is 2. The molecule has 14 heteroatoms. The number of rotatable bonds is 15. The van der Waals surface area contributed by atoms with Gasteiger partial charge >= 0.3 is 11.9 Å². The molecule has 0 saturated carbocycles. The van der Waals surface area contributed by atoms with Crippen LogP contribution in [-0.2, 0) is 30.4 Å². The summed E-state index contributed by atoms with van der Waals surface area (Å²) in [5, 5.41) is 25.8. The molecule has 0 fully saturated rings. The van der Waals surface area contributed by atoms with Crippen LogP contribution < -0.4 is 21.7 Å². The standard InChI is InChI=1S/C20H32N6O7S/c1-10(2)16(19(31)25-14(20(32)33)6-11-8-22-9-23-11)26-18(30)13(7-15(27)28)24-17(29)12(21)4-5-34-3/h8-10,12-14,16H,4-7,21H2,1-3H3,(H,22,23)(H,24,29)(H,25,31)(H,26,30)(H,27,28)(H,32,33). The first-order valence-corrected chi connectivity index (χ1v) is 11.9. The van der Waals surface area contributed by atoms with Gasteiger partial charge < -0.3 is 36.9 Å². The summed E-state index contributed by atoms with van der Waals surface area (Å²) in [6.45, 7) is 3.25. The lowest BCUT2D eigenvalue weighted by Crippen LogP contribution is -2.59. The number of aromatic amines is 1. The summed E-state index contributed by atoms with van der Waals surface area (Å²) in [6, 6.07) is -4.89. The first-order valence-electron chi connectivity index (χ1n) is 10.5. The Bertz CT molecular complexity index is 848. The molecule has 1 aromatic heterocycles. The Morgan fingerprint density at radius 2 is 1.71 bits per heavy atom. The third kappa shape index (κ3) is 9.79. The monoisotopic (exact) mass is 500 g/mol. The van der Waals surface area contributed by atoms with Gasteiger partial charge in [0.05, 0.1) is 18.8 Å². The zero-order chi connectivity index (χ0) is 25.8. The van der Waals surface area contributed by atoms with E-state index in [0.717, 1.165) is 0 Å². The molecule has 4 unspecified atom stereocenters. The number of nitrogens with zero attached hydrogens (tertiary/aromatic N) is 1. The van der Waals surface area contributed by atoms with Crippen LogP contribution in [-0.4, -0.2) is 86.0 Å². The van der Waals surface area contributed by atoms with E-state index in [1.807, 2.05) is 6.26 Å². The van der Waals surface area contributed by atoms with Gasteiger partial charge in [0.2, 0.25) is 17.7 Å². The fraction of sp³-hybridized carbons (Fsp3) is 0.600. The molecule has 0 aliphatic carbocycles. The van der Waals surface area contributed by atoms with Crippen molar-refractivity contribution in [2.75, 3.05) is 12.0 Å². The zero-order valence-electron chi connectivity index (χ0n) is 19.2. The molecular weight excluding hydrogens is 468 g/mol. The molecule has 0 bridgehead atoms. The quantitative estimate of drug-likeness (QED) is 0.151. The third-order valence-electron chi connectivity index (χ3n) is 4.82. The number of H-pyrrole nitrogens is 1. The Labute approximate surface area is 201 Å². The normalized spacial score (nSPS) is 14.5. The van der Waals surface area contributed by atoms with E-state index in [9.17, 15) is 29.1 Å². The second kappa shape index (κ2) is 14.2. The fourth-order valence-corrected chi connectivity index (χ4v) is 3.39. The summed E-state index contributed by atoms with van der Waals surface area (Å²) in [5.74, 6) is -4.86. The molecule has 190 valence electrons. The van der Waals surface area contributed by atoms with Crippen molar-refractivity contribution in [2.24, 2.45) is 11.7 Å². The average molecular weight is 501 g/mol. The van der Waals surface area contributed by atoms with E-state index in [-0.39, 0.29) is 6.42 Å². The molecule has 8 N–H and O–H groups in total. The number of carbonyl (C=O) groups is 5. The van der Waals surface area contributed by atoms with Crippen LogP contribution >= 0.6 is 11.8 Å². The SMILES string of the molecule is CSCCC(N)C(=O)NC(CC(=O)O)C(=O)NC(C(=O)NC(Cc1cnc[nH]1)C(=O)O)C(C)C. The largest absolute Gasteiger partial charge is 0.481 e. The van der Waals surface area contributed by atoms with E-state index in [2.05, 4.69) is 25.9 Å². The number of hydrogen-bond acceptors (Lipinski definition) is 8. The van der Waals surface area contributed by atoms with Crippen molar-refractivity contribution in [3.63, 3.8) is 0 Å². The molecule has 0 saturated heterocycles. The van der Waals surface area contributed by atoms with Crippen LogP contribution in [0, 0.1) is 5.92 Å². The Balaban J connectivity index is 2.92. The van der Waals surface area contributed by atoms with Gasteiger partial charge in [0, 0.05) is 18.3 Å². The van der Waals surface area contributed by atoms with E-state index >= 15 is 0 Å². The summed E-state index contributed by atoms with van der Waals surface area (Å²) in [4.78, 5) is 67.3. The van der Waals surface area contributed by atoms with E-state index < -0.39 is 66.2 Å². The predicted molar refractivity (Wildman–Crippen MR) is 124 cm³/mol. The Morgan fingerprint density at radius 1 is 1.06 bits per heavy atom. The van der Waals surface area contributed by atoms with Gasteiger partial charge in [-0.3, -0.25) is 19.2 Å². The molecular formula is C20H32N6O7S. The number of nitrogens with two attached hydrogens (primary N) is 1. The van der Waals surface area contributed by atoms with E-state index in [4.69, 9.17) is 10.8 Å². The molecule has 34 heavy (non-hydrogen) atoms. The molecule has 0 aromatic carbocycles. The van der Waals surface area contributed by atoms with Crippen molar-refractivity contribution in [1.82, 2.24) is 25.9 Å². The minimum absolute atomic E-state index is 0.0640. The molecule has 1 rings (SSSR count). The molecule has 1 aromatic rings. The summed E-state index contributed by atoms with van der Waals surface area (Å²) in [6.07, 6.45) is 4.18. The Hall–Kier alpha value is -3.13. The molecule has 0 spiro atoms. The smallest absolute Gasteiger partial charge is 0.326 e. The molecule has 3 amide bonds. The van der Waals surface area contributed by atoms with Crippen LogP contribution in [0.1, 0.15) is 32.4 Å². The van der Waals surface area contributed by atoms with Crippen molar-refractivity contribution in [2.45, 2.75) is 57.3 Å². The van der Waals surface area contributed by atoms with Gasteiger partial charge in [-0.25, -0.2) is 9.78 Å². The number of imidazole rings is 1. The number of aliphatic carboxylic acids is 2. The Kier molecular flexibility index (Phi) is 12.1. The summed E-state index contributed by atoms with van der Waals surface area (Å²) in [5.41, 5.74) is 6.27. The molecule has 13 nitrogen and oxygen atoms in total. The number of carboxylic acid groups (broad SMARTS) is 2. The molecule has 4 atom stereocenters. The first-order chi connectivity index (χ1) is 16.0. The van der Waals surface area contributed by atoms with Crippen LogP contribution in [0.25, 0.3) is 0 Å². The Morgan fingerprint density at radius 3 is 2.21 bits per heavy atom. The van der Waals surface area contributed by atoms with Crippen molar-refractivity contribution in [3.8, 4) is 0 Å². The van der Waals surface area contributed by atoms with Crippen molar-refractivity contribution >= 4 is 41.4 Å². The summed E-state index contributed by atoms with van der Waals surface area (Å²) in [7, 11) is 0. The predicted octanol–water partition coefficient (Wildman–Crippen LogP) is -1.30. The van der Waals surface area contributed by atoms with Crippen LogP contribution in [0.2, 0.25) is 0 Å². The maximum Gasteiger partial charge on any atom is 0.326 e. The first kappa shape index (κ1) is 28.9. The minimum atomic E-state index is -1.47. The molecule has 1 heterocycles. The minimum Gasteiger partial charge on any atom is -0.481 e. The van der Waals surface area contributed by atoms with Crippen LogP contribution in [0.3, 0.4) is 0 Å². The molecule has 0 aliphatic heterocycles. The maximum atomic E-state index is 12.8. The molecule has 0 radical (unpaired) electrons. The summed E-state index contributed by atoms with van der Waals surface area (Å²) < 4.78 is 0. The van der Waals surface area contributed by atoms with Gasteiger partial charge in [0.15, 0.2) is 0 Å². The number of amides is 3. The second-order valence-corrected chi connectivity index (χ2v) is 8.94. The van der Waals surface area contributed by atoms with E-state index in [0.29, 0.717) is 17.9 Å². The van der Waals surface area contributed by atoms with Crippen molar-refractivity contribution in [3.05, 3.63) is 18.2 Å². The number of hydrogen-bond donors (Lipinski definition) is 7. The van der Waals surface area contributed by atoms with Crippen molar-refractivity contribution in [1.29, 1.82) is 0 Å². The number of thioether (sulfide) groups is 1. The van der Waals surface area contributed by atoms with Gasteiger partial charge in [0.1, 0.15) is 18.1 Å². The lowest BCUT2D eigenvalue weighted by molar-refractivity contribution is -0.143. The van der Waals surface area contributed by atoms with Gasteiger partial charge in [0.25, 0.3) is 0 Å². The highest BCUT2D eigenvalue weighted by Gasteiger charge is 2.33. The number of carbonyl (C=O) groups excluding carboxylic acids is 3. The van der Waals surface area contributed by atoms with Gasteiger partial charge in [-0.15, -0.1) is 0 Å². The van der Waals surface area contributed by atoms with E-state index in [1.165, 1.54) is 24.3 Å². The average Bonchev–Trinajstić information content (AvgIpc) is 3.26. The highest BCUT2D eigenvalue weighted by Crippen LogP contribution is 2.07. The van der Waals surface area contributed by atoms with Crippen molar-refractivity contribution < 1.29 is 34.2 Å². The molecule has 0 aliphatic rings. The fourth-order valence-electron chi connectivity index (χ4n) is 2.91. The zero-order valence-corrected chi connectivity index (χ0v) is 20.1. The van der Waals surface area contributed by atoms with Gasteiger partial charge in [-0.05, 0) is 24.3 Å². The van der Waals surface area contributed by atoms with Gasteiger partial charge in [-0.2, -0.15) is 11.8 Å². The van der Waals surface area contributed by atoms with Gasteiger partial charge in [-0.1, -0.05) is 13.8 Å². The van der Waals surface area contributed by atoms with Crippen LogP contribution in [0.5, 0.6) is 0 Å². The summed E-state index contributed by atoms with van der Waals surface area (Å²) >= 11 is 1.48. The van der Waals surface area contributed by atoms with E-state index in [1.54, 1.807) is 13.8 Å². The number of aromatic nitrogens is 2. The van der Waals surface area contributed by atoms with Crippen LogP contribution in [0.4, 0.5) is 0 Å². The highest BCUT2D eigenvalue weighted by molar-refractivity contribution is 7.98.